The van der Waals surface area contributed by atoms with E-state index in [2.05, 4.69) is 11.0 Å². The van der Waals surface area contributed by atoms with Gasteiger partial charge < -0.3 is 9.64 Å². The van der Waals surface area contributed by atoms with Crippen LogP contribution in [-0.4, -0.2) is 65.6 Å². The number of carbonyl (C=O) groups is 2. The van der Waals surface area contributed by atoms with Gasteiger partial charge in [0.1, 0.15) is 0 Å². The van der Waals surface area contributed by atoms with Gasteiger partial charge in [-0.05, 0) is 44.1 Å². The molecule has 3 atom stereocenters. The van der Waals surface area contributed by atoms with E-state index in [1.165, 1.54) is 9.80 Å². The number of para-hydroxylation sites is 1. The van der Waals surface area contributed by atoms with Crippen LogP contribution in [-0.2, 0) is 20.7 Å². The molecule has 0 unspecified atom stereocenters. The van der Waals surface area contributed by atoms with Crippen LogP contribution in [0.1, 0.15) is 19.4 Å². The van der Waals surface area contributed by atoms with Gasteiger partial charge in [-0.25, -0.2) is 0 Å². The third kappa shape index (κ3) is 2.10. The number of carbonyl (C=O) groups excluding carboxylic acids is 2. The molecule has 6 nitrogen and oxygen atoms in total. The second-order valence-corrected chi connectivity index (χ2v) is 7.90. The van der Waals surface area contributed by atoms with Gasteiger partial charge in [-0.15, -0.1) is 0 Å². The molecule has 2 amide bonds. The van der Waals surface area contributed by atoms with Crippen LogP contribution in [0.15, 0.2) is 24.3 Å². The van der Waals surface area contributed by atoms with Crippen LogP contribution in [0.2, 0.25) is 0 Å². The molecule has 1 spiro atoms. The highest BCUT2D eigenvalue weighted by molar-refractivity contribution is 7.80. The summed E-state index contributed by atoms with van der Waals surface area (Å²) in [4.78, 5) is 32.0. The van der Waals surface area contributed by atoms with Crippen LogP contribution in [0.25, 0.3) is 0 Å². The fraction of sp³-hybridized carbons (Fsp3) is 0.526. The van der Waals surface area contributed by atoms with Crippen LogP contribution in [0.5, 0.6) is 0 Å². The highest BCUT2D eigenvalue weighted by Crippen LogP contribution is 2.48. The molecule has 3 heterocycles. The maximum atomic E-state index is 13.5. The van der Waals surface area contributed by atoms with Gasteiger partial charge in [0.05, 0.1) is 18.2 Å². The average molecular weight is 373 g/mol. The van der Waals surface area contributed by atoms with Crippen molar-refractivity contribution in [2.24, 2.45) is 5.41 Å². The molecule has 0 aliphatic carbocycles. The number of hydrogen-bond acceptors (Lipinski definition) is 5. The second-order valence-electron chi connectivity index (χ2n) is 7.54. The van der Waals surface area contributed by atoms with E-state index >= 15 is 0 Å². The van der Waals surface area contributed by atoms with Crippen LogP contribution in [0.4, 0.5) is 5.69 Å². The Hall–Kier alpha value is -1.99. The maximum absolute atomic E-state index is 13.5. The normalized spacial score (nSPS) is 30.5. The molecule has 2 saturated heterocycles. The number of thiocarbonyl (C=S) groups is 1. The third-order valence-corrected chi connectivity index (χ3v) is 6.45. The number of benzene rings is 1. The van der Waals surface area contributed by atoms with Crippen molar-refractivity contribution in [2.75, 3.05) is 25.5 Å². The highest BCUT2D eigenvalue weighted by atomic mass is 32.1. The molecule has 0 bridgehead atoms. The van der Waals surface area contributed by atoms with Gasteiger partial charge in [-0.2, -0.15) is 0 Å². The lowest BCUT2D eigenvalue weighted by Crippen LogP contribution is -2.75. The van der Waals surface area contributed by atoms with Crippen LogP contribution in [0.3, 0.4) is 0 Å². The van der Waals surface area contributed by atoms with Gasteiger partial charge >= 0.3 is 0 Å². The summed E-state index contributed by atoms with van der Waals surface area (Å²) in [5.74, 6) is -0.472. The molecule has 26 heavy (non-hydrogen) atoms. The first kappa shape index (κ1) is 17.4. The fourth-order valence-electron chi connectivity index (χ4n) is 4.88. The topological polar surface area (TPSA) is 53.1 Å². The number of fused-ring (bicyclic) bond motifs is 4. The average Bonchev–Trinajstić information content (AvgIpc) is 2.62. The molecule has 1 aromatic rings. The van der Waals surface area contributed by atoms with Crippen molar-refractivity contribution < 1.29 is 14.3 Å². The van der Waals surface area contributed by atoms with Crippen molar-refractivity contribution >= 4 is 34.8 Å². The molecular formula is C19H23N3O3S. The number of amides is 2. The van der Waals surface area contributed by atoms with Crippen LogP contribution in [0, 0.1) is 5.41 Å². The van der Waals surface area contributed by atoms with E-state index in [0.717, 1.165) is 11.3 Å². The van der Waals surface area contributed by atoms with E-state index < -0.39 is 5.41 Å². The first-order valence-electron chi connectivity index (χ1n) is 8.89. The van der Waals surface area contributed by atoms with E-state index in [0.29, 0.717) is 13.0 Å². The van der Waals surface area contributed by atoms with Crippen LogP contribution >= 0.6 is 12.2 Å². The molecule has 3 aliphatic heterocycles. The molecule has 4 rings (SSSR count). The Labute approximate surface area is 158 Å². The van der Waals surface area contributed by atoms with Crippen molar-refractivity contribution in [3.8, 4) is 0 Å². The number of anilines is 1. The lowest BCUT2D eigenvalue weighted by atomic mass is 9.66. The molecule has 0 saturated carbocycles. The zero-order valence-corrected chi connectivity index (χ0v) is 16.2. The van der Waals surface area contributed by atoms with E-state index in [4.69, 9.17) is 17.0 Å². The molecule has 7 heteroatoms. The van der Waals surface area contributed by atoms with Gasteiger partial charge in [-0.1, -0.05) is 18.2 Å². The van der Waals surface area contributed by atoms with E-state index in [9.17, 15) is 9.59 Å². The summed E-state index contributed by atoms with van der Waals surface area (Å²) in [7, 11) is 3.30. The highest BCUT2D eigenvalue weighted by Gasteiger charge is 2.64. The predicted molar refractivity (Wildman–Crippen MR) is 102 cm³/mol. The molecular weight excluding hydrogens is 350 g/mol. The Morgan fingerprint density at radius 2 is 1.73 bits per heavy atom. The van der Waals surface area contributed by atoms with Crippen molar-refractivity contribution in [1.82, 2.24) is 9.80 Å². The molecule has 138 valence electrons. The molecule has 1 aromatic carbocycles. The van der Waals surface area contributed by atoms with Gasteiger partial charge in [-0.3, -0.25) is 19.4 Å². The minimum Gasteiger partial charge on any atom is -0.372 e. The monoisotopic (exact) mass is 373 g/mol. The Balaban J connectivity index is 1.94. The van der Waals surface area contributed by atoms with E-state index in [1.807, 2.05) is 32.0 Å². The van der Waals surface area contributed by atoms with Crippen molar-refractivity contribution in [3.63, 3.8) is 0 Å². The van der Waals surface area contributed by atoms with E-state index in [1.54, 1.807) is 14.1 Å². The smallest absolute Gasteiger partial charge is 0.246 e. The van der Waals surface area contributed by atoms with Crippen molar-refractivity contribution in [2.45, 2.75) is 38.5 Å². The van der Waals surface area contributed by atoms with Crippen LogP contribution < -0.4 is 4.90 Å². The van der Waals surface area contributed by atoms with Gasteiger partial charge in [0.15, 0.2) is 10.5 Å². The zero-order valence-electron chi connectivity index (χ0n) is 15.4. The molecule has 0 radical (unpaired) electrons. The lowest BCUT2D eigenvalue weighted by Gasteiger charge is -2.57. The third-order valence-electron chi connectivity index (χ3n) is 5.90. The number of morpholine rings is 1. The number of nitrogens with zero attached hydrogens (tertiary/aromatic N) is 3. The molecule has 0 aromatic heterocycles. The van der Waals surface area contributed by atoms with E-state index in [-0.39, 0.29) is 35.2 Å². The summed E-state index contributed by atoms with van der Waals surface area (Å²) in [5, 5.41) is 0.244. The molecule has 3 aliphatic rings. The first-order chi connectivity index (χ1) is 12.3. The lowest BCUT2D eigenvalue weighted by molar-refractivity contribution is -0.164. The minimum absolute atomic E-state index is 0.0230. The summed E-state index contributed by atoms with van der Waals surface area (Å²) in [6.45, 7) is 4.62. The Bertz CT molecular complexity index is 787. The SMILES string of the molecule is C[C@@H]1O[C@@H](C)CN2c3ccccc3CC3(C(=O)N(C)C(=S)N(C)C3=O)[C@H]12. The quantitative estimate of drug-likeness (QED) is 0.509. The Morgan fingerprint density at radius 3 is 2.38 bits per heavy atom. The zero-order chi connectivity index (χ0) is 18.8. The Morgan fingerprint density at radius 1 is 1.12 bits per heavy atom. The van der Waals surface area contributed by atoms with Crippen molar-refractivity contribution in [1.29, 1.82) is 0 Å². The molecule has 0 N–H and O–H groups in total. The number of rotatable bonds is 0. The largest absolute Gasteiger partial charge is 0.372 e. The second kappa shape index (κ2) is 5.76. The Kier molecular flexibility index (Phi) is 3.86. The number of hydrogen-bond donors (Lipinski definition) is 0. The summed E-state index contributed by atoms with van der Waals surface area (Å²) < 4.78 is 6.08. The van der Waals surface area contributed by atoms with Crippen molar-refractivity contribution in [3.05, 3.63) is 29.8 Å². The first-order valence-corrected chi connectivity index (χ1v) is 9.30. The minimum atomic E-state index is -1.22. The predicted octanol–water partition coefficient (Wildman–Crippen LogP) is 1.43. The van der Waals surface area contributed by atoms with Gasteiger partial charge in [0.2, 0.25) is 11.8 Å². The maximum Gasteiger partial charge on any atom is 0.246 e. The summed E-state index contributed by atoms with van der Waals surface area (Å²) in [6.07, 6.45) is 0.129. The number of ether oxygens (including phenoxy) is 1. The van der Waals surface area contributed by atoms with Gasteiger partial charge in [0, 0.05) is 26.3 Å². The summed E-state index contributed by atoms with van der Waals surface area (Å²) in [5.41, 5.74) is 0.880. The fourth-order valence-corrected chi connectivity index (χ4v) is 5.05. The summed E-state index contributed by atoms with van der Waals surface area (Å²) in [6, 6.07) is 7.66. The molecule has 2 fully saturated rings. The standard InChI is InChI=1S/C19H23N3O3S/c1-11-10-22-14-8-6-5-7-13(14)9-19(15(22)12(2)25-11)16(23)20(3)18(26)21(4)17(19)24/h5-8,11-12,15H,9-10H2,1-4H3/t11-,12-,15-/m0/s1. The summed E-state index contributed by atoms with van der Waals surface area (Å²) >= 11 is 5.30. The van der Waals surface area contributed by atoms with Gasteiger partial charge in [0.25, 0.3) is 0 Å².